The number of carbonyl (C=O) groups is 2. The lowest BCUT2D eigenvalue weighted by Gasteiger charge is -2.19. The number of nitrogens with zero attached hydrogens (tertiary/aromatic N) is 2. The van der Waals surface area contributed by atoms with Crippen molar-refractivity contribution in [2.24, 2.45) is 0 Å². The maximum Gasteiger partial charge on any atom is 0.339 e. The molecule has 0 aliphatic carbocycles. The first-order chi connectivity index (χ1) is 9.56. The Bertz CT molecular complexity index is 648. The van der Waals surface area contributed by atoms with Gasteiger partial charge in [0.25, 0.3) is 5.91 Å². The predicted molar refractivity (Wildman–Crippen MR) is 71.8 cm³/mol. The second kappa shape index (κ2) is 5.56. The van der Waals surface area contributed by atoms with Gasteiger partial charge in [-0.3, -0.25) is 4.79 Å². The number of aryl methyl sites for hydroxylation is 1. The van der Waals surface area contributed by atoms with Crippen molar-refractivity contribution in [2.75, 3.05) is 19.1 Å². The van der Waals surface area contributed by atoms with Crippen LogP contribution in [0, 0.1) is 6.92 Å². The van der Waals surface area contributed by atoms with Crippen LogP contribution in [-0.4, -0.2) is 31.2 Å². The highest BCUT2D eigenvalue weighted by atomic mass is 16.5. The highest BCUT2D eigenvalue weighted by molar-refractivity contribution is 6.09. The normalized spacial score (nSPS) is 10.2. The molecule has 0 saturated carbocycles. The van der Waals surface area contributed by atoms with Gasteiger partial charge in [0, 0.05) is 7.05 Å². The average molecular weight is 274 g/mol. The minimum absolute atomic E-state index is 0.305. The first-order valence-electron chi connectivity index (χ1n) is 5.93. The molecule has 0 unspecified atom stereocenters. The molecule has 2 aromatic rings. The molecule has 6 nitrogen and oxygen atoms in total. The van der Waals surface area contributed by atoms with E-state index in [4.69, 9.17) is 9.26 Å². The number of aromatic nitrogens is 1. The number of methoxy groups -OCH3 is 1. The number of amides is 1. The molecule has 0 saturated heterocycles. The third-order valence-electron chi connectivity index (χ3n) is 2.96. The second-order valence-electron chi connectivity index (χ2n) is 4.17. The van der Waals surface area contributed by atoms with Crippen LogP contribution in [0.5, 0.6) is 0 Å². The van der Waals surface area contributed by atoms with Crippen LogP contribution < -0.4 is 4.90 Å². The summed E-state index contributed by atoms with van der Waals surface area (Å²) in [7, 11) is 2.88. The fourth-order valence-corrected chi connectivity index (χ4v) is 1.84. The largest absolute Gasteiger partial charge is 0.465 e. The average Bonchev–Trinajstić information content (AvgIpc) is 2.91. The van der Waals surface area contributed by atoms with Crippen LogP contribution in [0.4, 0.5) is 5.69 Å². The number of anilines is 1. The van der Waals surface area contributed by atoms with Gasteiger partial charge in [-0.2, -0.15) is 0 Å². The number of carbonyl (C=O) groups excluding carboxylic acids is 2. The van der Waals surface area contributed by atoms with Crippen molar-refractivity contribution < 1.29 is 18.8 Å². The molecule has 104 valence electrons. The summed E-state index contributed by atoms with van der Waals surface area (Å²) >= 11 is 0. The van der Waals surface area contributed by atoms with Crippen molar-refractivity contribution in [1.82, 2.24) is 5.16 Å². The van der Waals surface area contributed by atoms with E-state index < -0.39 is 5.97 Å². The summed E-state index contributed by atoms with van der Waals surface area (Å²) in [5, 5.41) is 3.58. The van der Waals surface area contributed by atoms with Gasteiger partial charge in [-0.05, 0) is 19.1 Å². The van der Waals surface area contributed by atoms with Crippen molar-refractivity contribution >= 4 is 17.6 Å². The van der Waals surface area contributed by atoms with E-state index in [-0.39, 0.29) is 5.91 Å². The number of hydrogen-bond donors (Lipinski definition) is 0. The predicted octanol–water partition coefficient (Wildman–Crippen LogP) is 2.05. The number of para-hydroxylation sites is 1. The van der Waals surface area contributed by atoms with Gasteiger partial charge in [0.1, 0.15) is 11.3 Å². The highest BCUT2D eigenvalue weighted by Crippen LogP contribution is 2.22. The van der Waals surface area contributed by atoms with Gasteiger partial charge in [-0.15, -0.1) is 0 Å². The Hall–Kier alpha value is -2.63. The Labute approximate surface area is 115 Å². The molecule has 0 bridgehead atoms. The lowest BCUT2D eigenvalue weighted by molar-refractivity contribution is 0.0601. The summed E-state index contributed by atoms with van der Waals surface area (Å²) in [5.41, 5.74) is 1.14. The lowest BCUT2D eigenvalue weighted by Crippen LogP contribution is -2.28. The van der Waals surface area contributed by atoms with Crippen LogP contribution in [0.25, 0.3) is 0 Å². The molecule has 0 aliphatic heterocycles. The van der Waals surface area contributed by atoms with Gasteiger partial charge in [-0.25, -0.2) is 4.79 Å². The summed E-state index contributed by atoms with van der Waals surface area (Å²) in [4.78, 5) is 25.5. The first-order valence-corrected chi connectivity index (χ1v) is 5.93. The van der Waals surface area contributed by atoms with Crippen LogP contribution in [0.3, 0.4) is 0 Å². The molecule has 0 aliphatic rings. The van der Waals surface area contributed by atoms with E-state index in [9.17, 15) is 9.59 Å². The molecule has 0 radical (unpaired) electrons. The summed E-state index contributed by atoms with van der Waals surface area (Å²) in [6.07, 6.45) is 1.36. The molecule has 1 aromatic carbocycles. The van der Waals surface area contributed by atoms with Gasteiger partial charge in [-0.1, -0.05) is 17.3 Å². The van der Waals surface area contributed by atoms with Crippen molar-refractivity contribution in [3.63, 3.8) is 0 Å². The van der Waals surface area contributed by atoms with Crippen molar-refractivity contribution in [3.8, 4) is 0 Å². The van der Waals surface area contributed by atoms with Gasteiger partial charge >= 0.3 is 5.97 Å². The lowest BCUT2D eigenvalue weighted by atomic mass is 10.1. The molecular formula is C14H14N2O4. The smallest absolute Gasteiger partial charge is 0.339 e. The number of esters is 1. The van der Waals surface area contributed by atoms with Gasteiger partial charge in [0.05, 0.1) is 24.6 Å². The Kier molecular flexibility index (Phi) is 3.84. The zero-order valence-corrected chi connectivity index (χ0v) is 11.4. The van der Waals surface area contributed by atoms with Crippen molar-refractivity contribution in [3.05, 3.63) is 47.3 Å². The molecule has 1 heterocycles. The van der Waals surface area contributed by atoms with E-state index in [1.165, 1.54) is 18.2 Å². The summed E-state index contributed by atoms with van der Waals surface area (Å²) in [6.45, 7) is 1.65. The standard InChI is InChI=1S/C14H14N2O4/c1-9-11(8-15-20-9)13(17)16(2)12-7-5-4-6-10(12)14(18)19-3/h4-8H,1-3H3. The SMILES string of the molecule is COC(=O)c1ccccc1N(C)C(=O)c1cnoc1C. The van der Waals surface area contributed by atoms with Crippen LogP contribution in [0.1, 0.15) is 26.5 Å². The minimum Gasteiger partial charge on any atom is -0.465 e. The maximum absolute atomic E-state index is 12.4. The second-order valence-corrected chi connectivity index (χ2v) is 4.17. The van der Waals surface area contributed by atoms with E-state index in [0.29, 0.717) is 22.6 Å². The molecule has 1 amide bonds. The number of hydrogen-bond acceptors (Lipinski definition) is 5. The zero-order chi connectivity index (χ0) is 14.7. The maximum atomic E-state index is 12.4. The van der Waals surface area contributed by atoms with Crippen molar-refractivity contribution in [2.45, 2.75) is 6.92 Å². The highest BCUT2D eigenvalue weighted by Gasteiger charge is 2.22. The molecule has 0 atom stereocenters. The van der Waals surface area contributed by atoms with Crippen LogP contribution in [0.2, 0.25) is 0 Å². The quantitative estimate of drug-likeness (QED) is 0.801. The number of ether oxygens (including phenoxy) is 1. The van der Waals surface area contributed by atoms with Crippen molar-refractivity contribution in [1.29, 1.82) is 0 Å². The molecule has 0 spiro atoms. The Morgan fingerprint density at radius 3 is 2.55 bits per heavy atom. The van der Waals surface area contributed by atoms with Crippen LogP contribution >= 0.6 is 0 Å². The fraction of sp³-hybridized carbons (Fsp3) is 0.214. The molecule has 6 heteroatoms. The summed E-state index contributed by atoms with van der Waals surface area (Å²) < 4.78 is 9.59. The van der Waals surface area contributed by atoms with E-state index in [2.05, 4.69) is 5.16 Å². The summed E-state index contributed by atoms with van der Waals surface area (Å²) in [6, 6.07) is 6.73. The molecule has 2 rings (SSSR count). The molecule has 0 N–H and O–H groups in total. The van der Waals surface area contributed by atoms with Crippen LogP contribution in [-0.2, 0) is 4.74 Å². The third kappa shape index (κ3) is 2.40. The zero-order valence-electron chi connectivity index (χ0n) is 11.4. The molecular weight excluding hydrogens is 260 g/mol. The Morgan fingerprint density at radius 2 is 1.95 bits per heavy atom. The topological polar surface area (TPSA) is 72.6 Å². The van der Waals surface area contributed by atoms with E-state index in [0.717, 1.165) is 0 Å². The van der Waals surface area contributed by atoms with E-state index in [1.54, 1.807) is 38.2 Å². The number of rotatable bonds is 3. The van der Waals surface area contributed by atoms with Crippen LogP contribution in [0.15, 0.2) is 35.0 Å². The summed E-state index contributed by atoms with van der Waals surface area (Å²) in [5.74, 6) is -0.375. The number of benzene rings is 1. The van der Waals surface area contributed by atoms with E-state index >= 15 is 0 Å². The fourth-order valence-electron chi connectivity index (χ4n) is 1.84. The minimum atomic E-state index is -0.498. The molecule has 1 aromatic heterocycles. The first kappa shape index (κ1) is 13.8. The monoisotopic (exact) mass is 274 g/mol. The van der Waals surface area contributed by atoms with Gasteiger partial charge in [0.15, 0.2) is 0 Å². The van der Waals surface area contributed by atoms with Gasteiger partial charge in [0.2, 0.25) is 0 Å². The molecule has 0 fully saturated rings. The van der Waals surface area contributed by atoms with E-state index in [1.807, 2.05) is 0 Å². The molecule has 20 heavy (non-hydrogen) atoms. The Morgan fingerprint density at radius 1 is 1.25 bits per heavy atom. The third-order valence-corrected chi connectivity index (χ3v) is 2.96. The van der Waals surface area contributed by atoms with Gasteiger partial charge < -0.3 is 14.2 Å². The Balaban J connectivity index is 2.39.